The molecule has 7 nitrogen and oxygen atoms in total. The summed E-state index contributed by atoms with van der Waals surface area (Å²) >= 11 is 0. The van der Waals surface area contributed by atoms with E-state index in [1.165, 1.54) is 9.70 Å². The number of rotatable bonds is 5. The first-order valence-corrected chi connectivity index (χ1v) is 9.33. The fourth-order valence-electron chi connectivity index (χ4n) is 3.02. The van der Waals surface area contributed by atoms with Gasteiger partial charge in [-0.1, -0.05) is 35.9 Å². The average Bonchev–Trinajstić information content (AvgIpc) is 3.08. The van der Waals surface area contributed by atoms with Crippen molar-refractivity contribution in [2.24, 2.45) is 0 Å². The lowest BCUT2D eigenvalue weighted by molar-refractivity contribution is -0.126. The van der Waals surface area contributed by atoms with E-state index in [0.717, 1.165) is 22.5 Å². The maximum atomic E-state index is 12.6. The molecule has 7 heteroatoms. The number of carbonyl (C=O) groups excluding carboxylic acids is 2. The normalized spacial score (nSPS) is 11.8. The van der Waals surface area contributed by atoms with Crippen molar-refractivity contribution in [1.82, 2.24) is 15.0 Å². The van der Waals surface area contributed by atoms with E-state index in [9.17, 15) is 9.59 Å². The highest BCUT2D eigenvalue weighted by Crippen LogP contribution is 2.17. The number of anilines is 1. The Labute approximate surface area is 169 Å². The Hall–Kier alpha value is -3.48. The molecular formula is C22H24N4O3. The lowest BCUT2D eigenvalue weighted by Crippen LogP contribution is -2.37. The molecule has 0 radical (unpaired) electrons. The molecule has 0 saturated carbocycles. The lowest BCUT2D eigenvalue weighted by Gasteiger charge is -2.21. The molecule has 1 aromatic heterocycles. The minimum atomic E-state index is -0.960. The van der Waals surface area contributed by atoms with Crippen LogP contribution < -0.4 is 4.90 Å². The van der Waals surface area contributed by atoms with Gasteiger partial charge in [0.2, 0.25) is 0 Å². The van der Waals surface area contributed by atoms with Gasteiger partial charge in [0.1, 0.15) is 0 Å². The van der Waals surface area contributed by atoms with Gasteiger partial charge in [0.25, 0.3) is 5.91 Å². The first kappa shape index (κ1) is 20.3. The van der Waals surface area contributed by atoms with Crippen molar-refractivity contribution in [3.63, 3.8) is 0 Å². The molecule has 0 saturated heterocycles. The molecule has 0 fully saturated rings. The topological polar surface area (TPSA) is 77.3 Å². The summed E-state index contributed by atoms with van der Waals surface area (Å²) in [7, 11) is 1.64. The summed E-state index contributed by atoms with van der Waals surface area (Å²) < 4.78 is 5.37. The minimum Gasteiger partial charge on any atom is -0.448 e. The summed E-state index contributed by atoms with van der Waals surface area (Å²) in [5.74, 6) is -1.01. The first-order valence-electron chi connectivity index (χ1n) is 9.33. The van der Waals surface area contributed by atoms with Crippen molar-refractivity contribution >= 4 is 17.6 Å². The largest absolute Gasteiger partial charge is 0.448 e. The third kappa shape index (κ3) is 4.34. The van der Waals surface area contributed by atoms with E-state index in [0.29, 0.717) is 5.69 Å². The van der Waals surface area contributed by atoms with Crippen molar-refractivity contribution in [1.29, 1.82) is 0 Å². The van der Waals surface area contributed by atoms with Crippen LogP contribution in [0.1, 0.15) is 34.2 Å². The fourth-order valence-corrected chi connectivity index (χ4v) is 3.02. The molecule has 0 aliphatic heterocycles. The van der Waals surface area contributed by atoms with Crippen LogP contribution in [0.4, 0.5) is 5.69 Å². The van der Waals surface area contributed by atoms with Gasteiger partial charge in [0.05, 0.1) is 11.4 Å². The molecule has 0 aliphatic rings. The van der Waals surface area contributed by atoms with Gasteiger partial charge in [0, 0.05) is 12.7 Å². The number of hydrogen-bond acceptors (Lipinski definition) is 5. The molecule has 1 heterocycles. The number of ether oxygens (including phenoxy) is 1. The Morgan fingerprint density at radius 3 is 2.38 bits per heavy atom. The summed E-state index contributed by atoms with van der Waals surface area (Å²) in [6.07, 6.45) is -0.960. The van der Waals surface area contributed by atoms with Crippen LogP contribution in [0.3, 0.4) is 0 Å². The Morgan fingerprint density at radius 1 is 1.03 bits per heavy atom. The van der Waals surface area contributed by atoms with E-state index in [1.54, 1.807) is 20.9 Å². The van der Waals surface area contributed by atoms with Gasteiger partial charge in [-0.3, -0.25) is 4.79 Å². The van der Waals surface area contributed by atoms with Crippen LogP contribution in [-0.4, -0.2) is 40.0 Å². The molecule has 0 unspecified atom stereocenters. The Morgan fingerprint density at radius 2 is 1.72 bits per heavy atom. The molecule has 1 atom stereocenters. The predicted molar refractivity (Wildman–Crippen MR) is 110 cm³/mol. The van der Waals surface area contributed by atoms with Gasteiger partial charge in [0.15, 0.2) is 11.8 Å². The zero-order valence-electron chi connectivity index (χ0n) is 17.2. The van der Waals surface area contributed by atoms with Crippen LogP contribution in [0.25, 0.3) is 5.69 Å². The maximum Gasteiger partial charge on any atom is 0.361 e. The molecular weight excluding hydrogens is 368 g/mol. The molecule has 0 bridgehead atoms. The van der Waals surface area contributed by atoms with Crippen LogP contribution in [-0.2, 0) is 9.53 Å². The summed E-state index contributed by atoms with van der Waals surface area (Å²) in [5.41, 5.74) is 4.15. The number of carbonyl (C=O) groups is 2. The van der Waals surface area contributed by atoms with E-state index >= 15 is 0 Å². The van der Waals surface area contributed by atoms with Crippen molar-refractivity contribution in [2.45, 2.75) is 33.8 Å². The van der Waals surface area contributed by atoms with Gasteiger partial charge < -0.3 is 9.64 Å². The highest BCUT2D eigenvalue weighted by molar-refractivity contribution is 5.98. The minimum absolute atomic E-state index is 0.0898. The highest BCUT2D eigenvalue weighted by Gasteiger charge is 2.26. The lowest BCUT2D eigenvalue weighted by atomic mass is 10.1. The van der Waals surface area contributed by atoms with Gasteiger partial charge in [-0.15, -0.1) is 5.10 Å². The number of esters is 1. The van der Waals surface area contributed by atoms with E-state index in [1.807, 2.05) is 62.4 Å². The zero-order valence-corrected chi connectivity index (χ0v) is 17.2. The average molecular weight is 392 g/mol. The standard InChI is InChI=1S/C22H24N4O3/c1-14-11-12-19(15(2)13-14)26-23-16(3)20(24-26)22(28)29-17(4)21(27)25(5)18-9-7-6-8-10-18/h6-13,17H,1-5H3/t17-/m0/s1. The highest BCUT2D eigenvalue weighted by atomic mass is 16.5. The zero-order chi connectivity index (χ0) is 21.1. The van der Waals surface area contributed by atoms with Crippen LogP contribution in [0, 0.1) is 20.8 Å². The first-order chi connectivity index (χ1) is 13.8. The number of likely N-dealkylation sites (N-methyl/N-ethyl adjacent to an activating group) is 1. The molecule has 0 aliphatic carbocycles. The van der Waals surface area contributed by atoms with E-state index in [4.69, 9.17) is 4.74 Å². The van der Waals surface area contributed by atoms with Crippen molar-refractivity contribution in [2.75, 3.05) is 11.9 Å². The molecule has 0 spiro atoms. The molecule has 3 rings (SSSR count). The fraction of sp³-hybridized carbons (Fsp3) is 0.273. The summed E-state index contributed by atoms with van der Waals surface area (Å²) in [4.78, 5) is 28.1. The van der Waals surface area contributed by atoms with Crippen molar-refractivity contribution < 1.29 is 14.3 Å². The number of hydrogen-bond donors (Lipinski definition) is 0. The van der Waals surface area contributed by atoms with Crippen LogP contribution >= 0.6 is 0 Å². The van der Waals surface area contributed by atoms with Gasteiger partial charge >= 0.3 is 5.97 Å². The number of amides is 1. The van der Waals surface area contributed by atoms with Crippen LogP contribution in [0.15, 0.2) is 48.5 Å². The van der Waals surface area contributed by atoms with Gasteiger partial charge in [-0.2, -0.15) is 9.90 Å². The molecule has 0 N–H and O–H groups in total. The third-order valence-electron chi connectivity index (χ3n) is 4.65. The Bertz CT molecular complexity index is 1040. The maximum absolute atomic E-state index is 12.6. The molecule has 29 heavy (non-hydrogen) atoms. The predicted octanol–water partition coefficient (Wildman–Crippen LogP) is 3.40. The quantitative estimate of drug-likeness (QED) is 0.622. The number of aromatic nitrogens is 3. The second-order valence-electron chi connectivity index (χ2n) is 6.99. The number of benzene rings is 2. The second-order valence-corrected chi connectivity index (χ2v) is 6.99. The molecule has 150 valence electrons. The van der Waals surface area contributed by atoms with Gasteiger partial charge in [-0.05, 0) is 51.5 Å². The monoisotopic (exact) mass is 392 g/mol. The molecule has 3 aromatic rings. The SMILES string of the molecule is Cc1ccc(-n2nc(C)c(C(=O)O[C@@H](C)C(=O)N(C)c3ccccc3)n2)c(C)c1. The number of aryl methyl sites for hydroxylation is 3. The Kier molecular flexibility index (Phi) is 5.77. The molecule has 1 amide bonds. The van der Waals surface area contributed by atoms with Crippen LogP contribution in [0.2, 0.25) is 0 Å². The van der Waals surface area contributed by atoms with Gasteiger partial charge in [-0.25, -0.2) is 4.79 Å². The van der Waals surface area contributed by atoms with E-state index < -0.39 is 12.1 Å². The van der Waals surface area contributed by atoms with Crippen molar-refractivity contribution in [3.8, 4) is 5.69 Å². The van der Waals surface area contributed by atoms with E-state index in [2.05, 4.69) is 10.2 Å². The number of nitrogens with zero attached hydrogens (tertiary/aromatic N) is 4. The summed E-state index contributed by atoms with van der Waals surface area (Å²) in [6.45, 7) is 7.20. The molecule has 2 aromatic carbocycles. The Balaban J connectivity index is 1.75. The van der Waals surface area contributed by atoms with Crippen LogP contribution in [0.5, 0.6) is 0 Å². The summed E-state index contributed by atoms with van der Waals surface area (Å²) in [5, 5.41) is 8.63. The smallest absolute Gasteiger partial charge is 0.361 e. The second kappa shape index (κ2) is 8.26. The van der Waals surface area contributed by atoms with E-state index in [-0.39, 0.29) is 11.6 Å². The summed E-state index contributed by atoms with van der Waals surface area (Å²) in [6, 6.07) is 15.0. The number of para-hydroxylation sites is 1. The third-order valence-corrected chi connectivity index (χ3v) is 4.65. The van der Waals surface area contributed by atoms with Crippen molar-refractivity contribution in [3.05, 3.63) is 71.0 Å².